The van der Waals surface area contributed by atoms with Gasteiger partial charge in [-0.05, 0) is 87.9 Å². The van der Waals surface area contributed by atoms with Gasteiger partial charge in [0.2, 0.25) is 17.7 Å². The lowest BCUT2D eigenvalue weighted by Crippen LogP contribution is -2.59. The zero-order valence-electron chi connectivity index (χ0n) is 38.1. The van der Waals surface area contributed by atoms with Crippen LogP contribution >= 0.6 is 32.9 Å². The fraction of sp³-hybridized carbons (Fsp3) is 0.659. The van der Waals surface area contributed by atoms with E-state index >= 15 is 0 Å². The lowest BCUT2D eigenvalue weighted by atomic mass is 9.93. The number of piperidine rings is 1. The van der Waals surface area contributed by atoms with Crippen LogP contribution in [0.3, 0.4) is 0 Å². The molecular formula is C44H69N7O9S3. The highest BCUT2D eigenvalue weighted by molar-refractivity contribution is 8.76. The van der Waals surface area contributed by atoms with Crippen LogP contribution in [-0.4, -0.2) is 119 Å². The number of carbonyl (C=O) groups is 6. The third-order valence-corrected chi connectivity index (χ3v) is 13.9. The maximum Gasteiger partial charge on any atom is 0.426 e. The number of benzene rings is 1. The second kappa shape index (κ2) is 28.0. The minimum atomic E-state index is -0.825. The first-order valence-corrected chi connectivity index (χ1v) is 25.6. The Bertz CT molecular complexity index is 1770. The van der Waals surface area contributed by atoms with Gasteiger partial charge in [-0.1, -0.05) is 88.1 Å². The molecule has 1 aromatic heterocycles. The highest BCUT2D eigenvalue weighted by atomic mass is 33.1. The van der Waals surface area contributed by atoms with E-state index in [1.807, 2.05) is 52.8 Å². The van der Waals surface area contributed by atoms with Gasteiger partial charge in [-0.15, -0.1) is 11.3 Å². The van der Waals surface area contributed by atoms with Crippen molar-refractivity contribution in [3.05, 3.63) is 45.9 Å². The lowest BCUT2D eigenvalue weighted by molar-refractivity contribution is -0.159. The van der Waals surface area contributed by atoms with Crippen LogP contribution in [0.2, 0.25) is 0 Å². The number of carbonyl (C=O) groups excluding carboxylic acids is 6. The summed E-state index contributed by atoms with van der Waals surface area (Å²) in [5, 5.41) is 18.3. The molecule has 0 spiro atoms. The fourth-order valence-electron chi connectivity index (χ4n) is 7.34. The van der Waals surface area contributed by atoms with Gasteiger partial charge in [-0.2, -0.15) is 0 Å². The number of ether oxygens (including phenoxy) is 2. The number of hydrogen-bond acceptors (Lipinski definition) is 14. The molecule has 0 bridgehead atoms. The number of aryl methyl sites for hydroxylation is 1. The summed E-state index contributed by atoms with van der Waals surface area (Å²) in [6, 6.07) is 4.51. The average Bonchev–Trinajstić information content (AvgIpc) is 3.74. The number of phenolic OH excluding ortho intramolecular Hbond substituents is 1. The molecule has 3 rings (SSSR count). The van der Waals surface area contributed by atoms with Crippen LogP contribution in [-0.2, 0) is 41.5 Å². The third-order valence-electron chi connectivity index (χ3n) is 11.2. The van der Waals surface area contributed by atoms with Gasteiger partial charge in [-0.3, -0.25) is 34.3 Å². The van der Waals surface area contributed by atoms with Crippen LogP contribution in [0.25, 0.3) is 0 Å². The summed E-state index contributed by atoms with van der Waals surface area (Å²) in [6.45, 7) is 12.2. The second-order valence-corrected chi connectivity index (χ2v) is 20.1. The standard InChI is InChI=1S/C44H69N7O9S3/c1-9-13-38(53)60-27-51(43(57)39(29(5)10-2)47-42(56)36-14-11-12-21-50(36)7)35(28(3)4)19-20-37-46-34(26-62-37)41(55)45-32(25-31-15-17-33(52)18-16-31)24-30(6)40(54)48-49-44(58)59-22-23-63-61-8/h15-18,26,28-30,32,35-36,39,52H,9-14,19-25,27H2,1-8H3,(H,45,55)(H,47,56)(H,48,54)(H,49,58)/t29?,30-,32+,35+,36+,39-/m0/s1. The molecule has 63 heavy (non-hydrogen) atoms. The van der Waals surface area contributed by atoms with E-state index in [1.165, 1.54) is 11.3 Å². The molecule has 1 aliphatic heterocycles. The van der Waals surface area contributed by atoms with Crippen LogP contribution in [0.4, 0.5) is 4.79 Å². The number of hydrogen-bond donors (Lipinski definition) is 5. The number of likely N-dealkylation sites (N-methyl/N-ethyl adjacent to an activating group) is 1. The number of rotatable bonds is 25. The van der Waals surface area contributed by atoms with Crippen molar-refractivity contribution < 1.29 is 43.3 Å². The number of likely N-dealkylation sites (tertiary alicyclic amines) is 1. The van der Waals surface area contributed by atoms with E-state index in [1.54, 1.807) is 63.1 Å². The number of thiazole rings is 1. The predicted molar refractivity (Wildman–Crippen MR) is 249 cm³/mol. The zero-order valence-corrected chi connectivity index (χ0v) is 40.6. The summed E-state index contributed by atoms with van der Waals surface area (Å²) in [5.74, 6) is -1.98. The number of amides is 5. The second-order valence-electron chi connectivity index (χ2n) is 16.5. The van der Waals surface area contributed by atoms with Crippen molar-refractivity contribution in [2.24, 2.45) is 17.8 Å². The summed E-state index contributed by atoms with van der Waals surface area (Å²) in [5.41, 5.74) is 5.68. The Labute approximate surface area is 384 Å². The van der Waals surface area contributed by atoms with Crippen molar-refractivity contribution in [1.29, 1.82) is 0 Å². The van der Waals surface area contributed by atoms with Gasteiger partial charge in [0, 0.05) is 42.0 Å². The molecule has 352 valence electrons. The van der Waals surface area contributed by atoms with Crippen LogP contribution in [0.15, 0.2) is 29.6 Å². The molecule has 19 heteroatoms. The molecule has 5 amide bonds. The molecule has 6 atom stereocenters. The smallest absolute Gasteiger partial charge is 0.426 e. The number of aromatic nitrogens is 1. The Hall–Kier alpha value is -4.07. The molecule has 0 radical (unpaired) electrons. The molecule has 1 fully saturated rings. The molecule has 0 aliphatic carbocycles. The SMILES string of the molecule is CCCC(=O)OCN(C(=O)[C@@H](NC(=O)[C@H]1CCCCN1C)C(C)CC)[C@H](CCc1nc(C(=O)N[C@@H](Cc2ccc(O)cc2)C[C@H](C)C(=O)NNC(=O)OCCSSC)cs1)C(C)C. The first-order valence-electron chi connectivity index (χ1n) is 22.0. The van der Waals surface area contributed by atoms with Gasteiger partial charge >= 0.3 is 12.1 Å². The molecule has 5 N–H and O–H groups in total. The highest BCUT2D eigenvalue weighted by Crippen LogP contribution is 2.25. The van der Waals surface area contributed by atoms with Crippen molar-refractivity contribution >= 4 is 68.6 Å². The van der Waals surface area contributed by atoms with E-state index in [9.17, 15) is 33.9 Å². The number of aromatic hydroxyl groups is 1. The average molecular weight is 936 g/mol. The van der Waals surface area contributed by atoms with E-state index in [4.69, 9.17) is 9.47 Å². The number of hydrazine groups is 1. The molecule has 1 aliphatic rings. The van der Waals surface area contributed by atoms with E-state index < -0.39 is 47.9 Å². The van der Waals surface area contributed by atoms with E-state index in [0.717, 1.165) is 31.4 Å². The first kappa shape index (κ1) is 53.3. The van der Waals surface area contributed by atoms with Gasteiger partial charge in [0.1, 0.15) is 24.1 Å². The fourth-order valence-corrected chi connectivity index (χ4v) is 9.15. The van der Waals surface area contributed by atoms with Gasteiger partial charge in [0.05, 0.1) is 11.0 Å². The van der Waals surface area contributed by atoms with Crippen molar-refractivity contribution in [2.45, 2.75) is 130 Å². The quantitative estimate of drug-likeness (QED) is 0.0252. The van der Waals surface area contributed by atoms with E-state index in [0.29, 0.717) is 42.9 Å². The number of nitrogens with one attached hydrogen (secondary N) is 4. The van der Waals surface area contributed by atoms with Crippen molar-refractivity contribution in [3.8, 4) is 5.75 Å². The van der Waals surface area contributed by atoms with Crippen molar-refractivity contribution in [2.75, 3.05) is 38.9 Å². The minimum absolute atomic E-state index is 0.0657. The van der Waals surface area contributed by atoms with Crippen LogP contribution in [0.1, 0.15) is 114 Å². The summed E-state index contributed by atoms with van der Waals surface area (Å²) in [6.07, 6.45) is 6.71. The molecule has 1 unspecified atom stereocenters. The minimum Gasteiger partial charge on any atom is -0.508 e. The Morgan fingerprint density at radius 1 is 1.02 bits per heavy atom. The van der Waals surface area contributed by atoms with Gasteiger partial charge in [0.15, 0.2) is 6.73 Å². The maximum atomic E-state index is 14.6. The van der Waals surface area contributed by atoms with Crippen molar-refractivity contribution in [3.63, 3.8) is 0 Å². The van der Waals surface area contributed by atoms with Gasteiger partial charge < -0.3 is 30.1 Å². The Balaban J connectivity index is 1.76. The van der Waals surface area contributed by atoms with Crippen molar-refractivity contribution in [1.82, 2.24) is 36.3 Å². The monoisotopic (exact) mass is 935 g/mol. The number of phenols is 1. The highest BCUT2D eigenvalue weighted by Gasteiger charge is 2.37. The third kappa shape index (κ3) is 18.1. The summed E-state index contributed by atoms with van der Waals surface area (Å²) >= 11 is 1.32. The molecule has 1 aromatic carbocycles. The maximum absolute atomic E-state index is 14.6. The van der Waals surface area contributed by atoms with E-state index in [2.05, 4.69) is 26.5 Å². The Kier molecular flexibility index (Phi) is 23.7. The topological polar surface area (TPSA) is 209 Å². The summed E-state index contributed by atoms with van der Waals surface area (Å²) in [7, 11) is 5.03. The molecule has 16 nitrogen and oxygen atoms in total. The largest absolute Gasteiger partial charge is 0.508 e. The van der Waals surface area contributed by atoms with Crippen LogP contribution < -0.4 is 21.5 Å². The molecule has 1 saturated heterocycles. The lowest BCUT2D eigenvalue weighted by Gasteiger charge is -2.39. The van der Waals surface area contributed by atoms with Gasteiger partial charge in [0.25, 0.3) is 5.91 Å². The number of nitrogens with zero attached hydrogens (tertiary/aromatic N) is 3. The Morgan fingerprint density at radius 3 is 2.40 bits per heavy atom. The normalized spacial score (nSPS) is 16.5. The summed E-state index contributed by atoms with van der Waals surface area (Å²) < 4.78 is 10.7. The van der Waals surface area contributed by atoms with E-state index in [-0.39, 0.29) is 67.3 Å². The molecule has 0 saturated carbocycles. The zero-order chi connectivity index (χ0) is 46.5. The van der Waals surface area contributed by atoms with Crippen LogP contribution in [0.5, 0.6) is 5.75 Å². The van der Waals surface area contributed by atoms with Crippen LogP contribution in [0, 0.1) is 17.8 Å². The molecule has 2 heterocycles. The summed E-state index contributed by atoms with van der Waals surface area (Å²) in [4.78, 5) is 88.0. The molecular weight excluding hydrogens is 867 g/mol. The van der Waals surface area contributed by atoms with Gasteiger partial charge in [-0.25, -0.2) is 15.2 Å². The first-order chi connectivity index (χ1) is 30.1. The molecule has 2 aromatic rings. The predicted octanol–water partition coefficient (Wildman–Crippen LogP) is 6.09. The number of esters is 1. The Morgan fingerprint density at radius 2 is 1.75 bits per heavy atom.